The lowest BCUT2D eigenvalue weighted by atomic mass is 10.2. The number of amides is 1. The molecule has 0 fully saturated rings. The molecule has 0 saturated heterocycles. The number of nitrogen functional groups attached to an aromatic ring is 1. The minimum Gasteiger partial charge on any atom is -0.383 e. The monoisotopic (exact) mass is 287 g/mol. The Kier molecular flexibility index (Phi) is 4.70. The zero-order chi connectivity index (χ0) is 12.1. The first kappa shape index (κ1) is 12.9. The summed E-state index contributed by atoms with van der Waals surface area (Å²) < 4.78 is 5.63. The Morgan fingerprint density at radius 2 is 2.38 bits per heavy atom. The van der Waals surface area contributed by atoms with Gasteiger partial charge >= 0.3 is 0 Å². The van der Waals surface area contributed by atoms with Gasteiger partial charge < -0.3 is 15.4 Å². The SMILES string of the molecule is COCCN(C)C(=O)c1cc(Br)cnc1N. The molecule has 0 spiro atoms. The highest BCUT2D eigenvalue weighted by atomic mass is 79.9. The number of aromatic nitrogens is 1. The summed E-state index contributed by atoms with van der Waals surface area (Å²) in [4.78, 5) is 17.4. The minimum atomic E-state index is -0.164. The van der Waals surface area contributed by atoms with Crippen LogP contribution < -0.4 is 5.73 Å². The summed E-state index contributed by atoms with van der Waals surface area (Å²) in [6, 6.07) is 1.66. The number of rotatable bonds is 4. The Morgan fingerprint density at radius 3 is 3.00 bits per heavy atom. The first-order chi connectivity index (χ1) is 7.56. The highest BCUT2D eigenvalue weighted by Gasteiger charge is 2.15. The number of carbonyl (C=O) groups excluding carboxylic acids is 1. The standard InChI is InChI=1S/C10H14BrN3O2/c1-14(3-4-16-2)10(15)8-5-7(11)6-13-9(8)12/h5-6H,3-4H2,1-2H3,(H2,12,13). The fourth-order valence-corrected chi connectivity index (χ4v) is 1.49. The van der Waals surface area contributed by atoms with Crippen molar-refractivity contribution in [1.29, 1.82) is 0 Å². The van der Waals surface area contributed by atoms with Crippen molar-refractivity contribution in [3.8, 4) is 0 Å². The predicted octanol–water partition coefficient (Wildman–Crippen LogP) is 1.14. The highest BCUT2D eigenvalue weighted by Crippen LogP contribution is 2.16. The molecule has 0 aliphatic rings. The number of pyridine rings is 1. The Balaban J connectivity index is 2.83. The third-order valence-electron chi connectivity index (χ3n) is 2.09. The normalized spacial score (nSPS) is 10.2. The van der Waals surface area contributed by atoms with Crippen LogP contribution in [-0.2, 0) is 4.74 Å². The van der Waals surface area contributed by atoms with Crippen LogP contribution in [0, 0.1) is 0 Å². The van der Waals surface area contributed by atoms with E-state index in [9.17, 15) is 4.79 Å². The molecule has 1 amide bonds. The molecule has 0 atom stereocenters. The molecular weight excluding hydrogens is 274 g/mol. The van der Waals surface area contributed by atoms with Gasteiger partial charge in [-0.3, -0.25) is 4.79 Å². The summed E-state index contributed by atoms with van der Waals surface area (Å²) in [6.45, 7) is 1.00. The largest absolute Gasteiger partial charge is 0.383 e. The second kappa shape index (κ2) is 5.81. The number of halogens is 1. The second-order valence-corrected chi connectivity index (χ2v) is 4.22. The third kappa shape index (κ3) is 3.18. The third-order valence-corrected chi connectivity index (χ3v) is 2.53. The van der Waals surface area contributed by atoms with Crippen molar-refractivity contribution in [2.45, 2.75) is 0 Å². The molecule has 0 aromatic carbocycles. The Hall–Kier alpha value is -1.14. The Morgan fingerprint density at radius 1 is 1.69 bits per heavy atom. The number of nitrogens with two attached hydrogens (primary N) is 1. The maximum Gasteiger partial charge on any atom is 0.257 e. The van der Waals surface area contributed by atoms with E-state index in [1.165, 1.54) is 0 Å². The molecule has 16 heavy (non-hydrogen) atoms. The molecule has 0 unspecified atom stereocenters. The fraction of sp³-hybridized carbons (Fsp3) is 0.400. The van der Waals surface area contributed by atoms with Crippen molar-refractivity contribution >= 4 is 27.7 Å². The molecule has 0 bridgehead atoms. The number of anilines is 1. The van der Waals surface area contributed by atoms with Crippen LogP contribution in [0.3, 0.4) is 0 Å². The van der Waals surface area contributed by atoms with Crippen LogP contribution in [0.5, 0.6) is 0 Å². The summed E-state index contributed by atoms with van der Waals surface area (Å²) in [5.74, 6) is 0.0702. The molecule has 6 heteroatoms. The van der Waals surface area contributed by atoms with Gasteiger partial charge in [0, 0.05) is 31.4 Å². The smallest absolute Gasteiger partial charge is 0.257 e. The molecule has 1 rings (SSSR count). The lowest BCUT2D eigenvalue weighted by Crippen LogP contribution is -2.30. The van der Waals surface area contributed by atoms with Crippen molar-refractivity contribution in [1.82, 2.24) is 9.88 Å². The van der Waals surface area contributed by atoms with Crippen molar-refractivity contribution < 1.29 is 9.53 Å². The van der Waals surface area contributed by atoms with Gasteiger partial charge in [0.2, 0.25) is 0 Å². The quantitative estimate of drug-likeness (QED) is 0.902. The summed E-state index contributed by atoms with van der Waals surface area (Å²) in [5.41, 5.74) is 6.04. The molecule has 0 aliphatic heterocycles. The van der Waals surface area contributed by atoms with Gasteiger partial charge in [-0.05, 0) is 22.0 Å². The molecule has 1 heterocycles. The van der Waals surface area contributed by atoms with Gasteiger partial charge in [0.05, 0.1) is 12.2 Å². The molecule has 0 saturated carbocycles. The first-order valence-corrected chi connectivity index (χ1v) is 5.51. The van der Waals surface area contributed by atoms with Gasteiger partial charge in [-0.25, -0.2) is 4.98 Å². The van der Waals surface area contributed by atoms with Crippen LogP contribution in [0.4, 0.5) is 5.82 Å². The summed E-state index contributed by atoms with van der Waals surface area (Å²) in [5, 5.41) is 0. The van der Waals surface area contributed by atoms with Crippen LogP contribution in [0.25, 0.3) is 0 Å². The maximum atomic E-state index is 12.0. The average molecular weight is 288 g/mol. The Bertz CT molecular complexity index is 384. The number of hydrogen-bond acceptors (Lipinski definition) is 4. The van der Waals surface area contributed by atoms with Crippen LogP contribution >= 0.6 is 15.9 Å². The Labute approximate surface area is 103 Å². The van der Waals surface area contributed by atoms with E-state index in [-0.39, 0.29) is 11.7 Å². The number of carbonyl (C=O) groups is 1. The zero-order valence-electron chi connectivity index (χ0n) is 9.24. The van der Waals surface area contributed by atoms with E-state index in [1.807, 2.05) is 0 Å². The summed E-state index contributed by atoms with van der Waals surface area (Å²) in [6.07, 6.45) is 1.56. The van der Waals surface area contributed by atoms with Crippen molar-refractivity contribution in [2.75, 3.05) is 33.0 Å². The van der Waals surface area contributed by atoms with Gasteiger partial charge in [0.1, 0.15) is 5.82 Å². The van der Waals surface area contributed by atoms with E-state index in [4.69, 9.17) is 10.5 Å². The summed E-state index contributed by atoms with van der Waals surface area (Å²) in [7, 11) is 3.29. The zero-order valence-corrected chi connectivity index (χ0v) is 10.8. The van der Waals surface area contributed by atoms with E-state index >= 15 is 0 Å². The van der Waals surface area contributed by atoms with Crippen LogP contribution in [-0.4, -0.2) is 43.1 Å². The number of likely N-dealkylation sites (N-methyl/N-ethyl adjacent to an activating group) is 1. The van der Waals surface area contributed by atoms with Crippen LogP contribution in [0.2, 0.25) is 0 Å². The average Bonchev–Trinajstić information content (AvgIpc) is 2.28. The lowest BCUT2D eigenvalue weighted by molar-refractivity contribution is 0.0745. The van der Waals surface area contributed by atoms with Gasteiger partial charge in [0.25, 0.3) is 5.91 Å². The van der Waals surface area contributed by atoms with Gasteiger partial charge in [0.15, 0.2) is 0 Å². The van der Waals surface area contributed by atoms with Crippen molar-refractivity contribution in [3.05, 3.63) is 22.3 Å². The van der Waals surface area contributed by atoms with Gasteiger partial charge in [-0.15, -0.1) is 0 Å². The molecule has 2 N–H and O–H groups in total. The number of hydrogen-bond donors (Lipinski definition) is 1. The van der Waals surface area contributed by atoms with E-state index in [0.717, 1.165) is 4.47 Å². The maximum absolute atomic E-state index is 12.0. The second-order valence-electron chi connectivity index (χ2n) is 3.31. The van der Waals surface area contributed by atoms with Crippen molar-refractivity contribution in [3.63, 3.8) is 0 Å². The summed E-state index contributed by atoms with van der Waals surface area (Å²) >= 11 is 3.25. The van der Waals surface area contributed by atoms with E-state index in [2.05, 4.69) is 20.9 Å². The van der Waals surface area contributed by atoms with Crippen molar-refractivity contribution in [2.24, 2.45) is 0 Å². The van der Waals surface area contributed by atoms with Crippen LogP contribution in [0.15, 0.2) is 16.7 Å². The molecular formula is C10H14BrN3O2. The molecule has 5 nitrogen and oxygen atoms in total. The van der Waals surface area contributed by atoms with E-state index < -0.39 is 0 Å². The molecule has 0 aliphatic carbocycles. The predicted molar refractivity (Wildman–Crippen MR) is 65.2 cm³/mol. The molecule has 88 valence electrons. The molecule has 0 radical (unpaired) electrons. The topological polar surface area (TPSA) is 68.5 Å². The highest BCUT2D eigenvalue weighted by molar-refractivity contribution is 9.10. The van der Waals surface area contributed by atoms with Gasteiger partial charge in [-0.2, -0.15) is 0 Å². The van der Waals surface area contributed by atoms with Gasteiger partial charge in [-0.1, -0.05) is 0 Å². The number of methoxy groups -OCH3 is 1. The van der Waals surface area contributed by atoms with E-state index in [0.29, 0.717) is 18.7 Å². The molecule has 1 aromatic heterocycles. The lowest BCUT2D eigenvalue weighted by Gasteiger charge is -2.17. The minimum absolute atomic E-state index is 0.164. The number of ether oxygens (including phenoxy) is 1. The first-order valence-electron chi connectivity index (χ1n) is 4.71. The number of nitrogens with zero attached hydrogens (tertiary/aromatic N) is 2. The van der Waals surface area contributed by atoms with E-state index in [1.54, 1.807) is 31.3 Å². The fourth-order valence-electron chi connectivity index (χ4n) is 1.16. The van der Waals surface area contributed by atoms with Crippen LogP contribution in [0.1, 0.15) is 10.4 Å². The molecule has 1 aromatic rings.